The number of hydrogen-bond donors (Lipinski definition) is 10. The van der Waals surface area contributed by atoms with Crippen LogP contribution in [0, 0.1) is 5.92 Å². The summed E-state index contributed by atoms with van der Waals surface area (Å²) < 4.78 is 0. The quantitative estimate of drug-likeness (QED) is 0.0419. The number of carboxylic acid groups (broad SMARTS) is 2. The molecule has 0 aliphatic heterocycles. The highest BCUT2D eigenvalue weighted by Gasteiger charge is 2.31. The first kappa shape index (κ1) is 34.9. The van der Waals surface area contributed by atoms with Crippen LogP contribution in [0.3, 0.4) is 0 Å². The van der Waals surface area contributed by atoms with E-state index in [9.17, 15) is 29.1 Å². The number of hydrogen-bond acceptors (Lipinski definition) is 8. The number of nitrogens with one attached hydrogen (secondary N) is 3. The Hall–Kier alpha value is -4.15. The molecule has 15 N–H and O–H groups in total. The zero-order chi connectivity index (χ0) is 30.1. The summed E-state index contributed by atoms with van der Waals surface area (Å²) >= 11 is 0. The van der Waals surface area contributed by atoms with E-state index in [1.54, 1.807) is 13.8 Å². The lowest BCUT2D eigenvalue weighted by Crippen LogP contribution is -2.57. The molecule has 4 unspecified atom stereocenters. The van der Waals surface area contributed by atoms with Gasteiger partial charge in [-0.1, -0.05) is 13.8 Å². The molecule has 0 aromatic heterocycles. The van der Waals surface area contributed by atoms with Gasteiger partial charge >= 0.3 is 11.9 Å². The van der Waals surface area contributed by atoms with Crippen LogP contribution in [0.25, 0.3) is 0 Å². The molecule has 0 radical (unpaired) electrons. The van der Waals surface area contributed by atoms with Crippen molar-refractivity contribution in [1.82, 2.24) is 16.0 Å². The molecular weight excluding hydrogens is 516 g/mol. The van der Waals surface area contributed by atoms with Crippen molar-refractivity contribution in [1.29, 1.82) is 0 Å². The largest absolute Gasteiger partial charge is 0.481 e. The number of carbonyl (C=O) groups excluding carboxylic acids is 3. The first-order valence-corrected chi connectivity index (χ1v) is 12.4. The monoisotopic (exact) mass is 558 g/mol. The van der Waals surface area contributed by atoms with Gasteiger partial charge in [-0.15, -0.1) is 0 Å². The summed E-state index contributed by atoms with van der Waals surface area (Å²) in [6.45, 7) is 3.97. The van der Waals surface area contributed by atoms with Gasteiger partial charge in [0.15, 0.2) is 11.9 Å². The van der Waals surface area contributed by atoms with E-state index in [1.807, 2.05) is 0 Å². The molecule has 17 nitrogen and oxygen atoms in total. The van der Waals surface area contributed by atoms with Crippen molar-refractivity contribution in [2.75, 3.05) is 13.1 Å². The van der Waals surface area contributed by atoms with Crippen LogP contribution >= 0.6 is 0 Å². The highest BCUT2D eigenvalue weighted by Crippen LogP contribution is 2.09. The minimum atomic E-state index is -1.70. The van der Waals surface area contributed by atoms with Crippen LogP contribution in [0.1, 0.15) is 52.4 Å². The van der Waals surface area contributed by atoms with E-state index >= 15 is 0 Å². The van der Waals surface area contributed by atoms with Crippen LogP contribution < -0.4 is 44.6 Å². The molecular formula is C22H42N10O7. The number of carboxylic acids is 2. The second-order valence-corrected chi connectivity index (χ2v) is 9.25. The molecule has 0 aromatic carbocycles. The molecule has 0 spiro atoms. The van der Waals surface area contributed by atoms with Gasteiger partial charge in [-0.2, -0.15) is 0 Å². The Morgan fingerprint density at radius 1 is 0.718 bits per heavy atom. The van der Waals surface area contributed by atoms with Gasteiger partial charge in [-0.05, 0) is 38.0 Å². The normalized spacial score (nSPS) is 13.7. The molecule has 17 heteroatoms. The third kappa shape index (κ3) is 16.3. The van der Waals surface area contributed by atoms with Gasteiger partial charge in [0.2, 0.25) is 17.7 Å². The Bertz CT molecular complexity index is 902. The van der Waals surface area contributed by atoms with Crippen LogP contribution in [-0.4, -0.2) is 89.0 Å². The molecule has 0 saturated carbocycles. The molecule has 0 fully saturated rings. The fourth-order valence-corrected chi connectivity index (χ4v) is 3.32. The molecule has 39 heavy (non-hydrogen) atoms. The van der Waals surface area contributed by atoms with Crippen molar-refractivity contribution >= 4 is 41.6 Å². The summed E-state index contributed by atoms with van der Waals surface area (Å²) in [5.41, 5.74) is 27.1. The molecule has 4 atom stereocenters. The average molecular weight is 559 g/mol. The number of aliphatic imine (C=N–C) groups is 2. The van der Waals surface area contributed by atoms with Crippen LogP contribution in [0.4, 0.5) is 0 Å². The lowest BCUT2D eigenvalue weighted by Gasteiger charge is -2.26. The van der Waals surface area contributed by atoms with E-state index in [1.165, 1.54) is 0 Å². The van der Waals surface area contributed by atoms with Crippen molar-refractivity contribution in [3.63, 3.8) is 0 Å². The van der Waals surface area contributed by atoms with Gasteiger partial charge in [0.05, 0.1) is 12.5 Å². The van der Waals surface area contributed by atoms with Gasteiger partial charge in [0, 0.05) is 13.1 Å². The minimum absolute atomic E-state index is 0.0852. The Morgan fingerprint density at radius 3 is 1.64 bits per heavy atom. The number of carbonyl (C=O) groups is 5. The standard InChI is InChI=1S/C22H42N10O7/c1-11(2)9-14(19(37)32-15(20(38)39)10-16(33)34)31-18(36)13(6-4-8-29-22(26)27)30-17(35)12(23)5-3-7-28-21(24)25/h11-15H,3-10,23H2,1-2H3,(H,30,35)(H,31,36)(H,32,37)(H,33,34)(H,38,39)(H4,24,25,28)(H4,26,27,29). The zero-order valence-corrected chi connectivity index (χ0v) is 22.3. The van der Waals surface area contributed by atoms with Gasteiger partial charge in [-0.25, -0.2) is 4.79 Å². The Labute approximate surface area is 226 Å². The van der Waals surface area contributed by atoms with Crippen molar-refractivity contribution in [2.45, 2.75) is 76.5 Å². The first-order chi connectivity index (χ1) is 18.1. The van der Waals surface area contributed by atoms with Gasteiger partial charge in [0.25, 0.3) is 0 Å². The number of nitrogens with zero attached hydrogens (tertiary/aromatic N) is 2. The van der Waals surface area contributed by atoms with Gasteiger partial charge in [0.1, 0.15) is 18.1 Å². The number of aliphatic carboxylic acids is 2. The molecule has 3 amide bonds. The SMILES string of the molecule is CC(C)CC(NC(=O)C(CCCN=C(N)N)NC(=O)C(N)CCCN=C(N)N)C(=O)NC(CC(=O)O)C(=O)O. The van der Waals surface area contributed by atoms with Crippen molar-refractivity contribution in [3.05, 3.63) is 0 Å². The molecule has 0 aromatic rings. The molecule has 0 rings (SSSR count). The summed E-state index contributed by atoms with van der Waals surface area (Å²) in [7, 11) is 0. The Morgan fingerprint density at radius 2 is 1.18 bits per heavy atom. The minimum Gasteiger partial charge on any atom is -0.481 e. The second-order valence-electron chi connectivity index (χ2n) is 9.25. The molecule has 0 heterocycles. The summed E-state index contributed by atoms with van der Waals surface area (Å²) in [5, 5.41) is 25.4. The molecule has 0 saturated heterocycles. The maximum atomic E-state index is 13.2. The average Bonchev–Trinajstić information content (AvgIpc) is 2.81. The number of nitrogens with two attached hydrogens (primary N) is 5. The van der Waals surface area contributed by atoms with Crippen LogP contribution in [0.5, 0.6) is 0 Å². The lowest BCUT2D eigenvalue weighted by molar-refractivity contribution is -0.147. The Kier molecular flexibility index (Phi) is 16.2. The fraction of sp³-hybridized carbons (Fsp3) is 0.682. The number of guanidine groups is 2. The van der Waals surface area contributed by atoms with Gasteiger partial charge in [-0.3, -0.25) is 29.2 Å². The maximum Gasteiger partial charge on any atom is 0.326 e. The van der Waals surface area contributed by atoms with Crippen molar-refractivity contribution in [3.8, 4) is 0 Å². The third-order valence-electron chi connectivity index (χ3n) is 5.22. The predicted octanol–water partition coefficient (Wildman–Crippen LogP) is -3.52. The smallest absolute Gasteiger partial charge is 0.326 e. The highest BCUT2D eigenvalue weighted by atomic mass is 16.4. The molecule has 0 aliphatic carbocycles. The van der Waals surface area contributed by atoms with E-state index in [-0.39, 0.29) is 56.6 Å². The van der Waals surface area contributed by atoms with E-state index < -0.39 is 60.2 Å². The highest BCUT2D eigenvalue weighted by molar-refractivity contribution is 5.94. The molecule has 0 aliphatic rings. The van der Waals surface area contributed by atoms with E-state index in [0.29, 0.717) is 6.42 Å². The summed E-state index contributed by atoms with van der Waals surface area (Å²) in [5.74, 6) is -5.56. The topological polar surface area (TPSA) is 317 Å². The lowest BCUT2D eigenvalue weighted by atomic mass is 10.0. The van der Waals surface area contributed by atoms with Crippen molar-refractivity contribution < 1.29 is 34.2 Å². The predicted molar refractivity (Wildman–Crippen MR) is 143 cm³/mol. The third-order valence-corrected chi connectivity index (χ3v) is 5.22. The van der Waals surface area contributed by atoms with E-state index in [4.69, 9.17) is 33.8 Å². The number of rotatable bonds is 19. The second kappa shape index (κ2) is 18.2. The number of amides is 3. The summed E-state index contributed by atoms with van der Waals surface area (Å²) in [6, 6.07) is -5.02. The molecule has 0 bridgehead atoms. The van der Waals surface area contributed by atoms with Crippen LogP contribution in [0.15, 0.2) is 9.98 Å². The maximum absolute atomic E-state index is 13.2. The van der Waals surface area contributed by atoms with Crippen LogP contribution in [0.2, 0.25) is 0 Å². The van der Waals surface area contributed by atoms with Gasteiger partial charge < -0.3 is 54.8 Å². The van der Waals surface area contributed by atoms with Crippen LogP contribution in [-0.2, 0) is 24.0 Å². The summed E-state index contributed by atoms with van der Waals surface area (Å²) in [4.78, 5) is 68.7. The fourth-order valence-electron chi connectivity index (χ4n) is 3.32. The first-order valence-electron chi connectivity index (χ1n) is 12.4. The summed E-state index contributed by atoms with van der Waals surface area (Å²) in [6.07, 6.45) is 0.261. The molecule has 222 valence electrons. The Balaban J connectivity index is 5.60. The van der Waals surface area contributed by atoms with Crippen molar-refractivity contribution in [2.24, 2.45) is 44.6 Å². The van der Waals surface area contributed by atoms with E-state index in [0.717, 1.165) is 0 Å². The zero-order valence-electron chi connectivity index (χ0n) is 22.3. The van der Waals surface area contributed by atoms with E-state index in [2.05, 4.69) is 25.9 Å².